The van der Waals surface area contributed by atoms with Crippen molar-refractivity contribution in [2.24, 2.45) is 0 Å². The Morgan fingerprint density at radius 3 is 2.72 bits per heavy atom. The van der Waals surface area contributed by atoms with Gasteiger partial charge < -0.3 is 15.3 Å². The van der Waals surface area contributed by atoms with Crippen molar-refractivity contribution in [3.63, 3.8) is 0 Å². The minimum atomic E-state index is -0.738. The fourth-order valence-electron chi connectivity index (χ4n) is 3.38. The van der Waals surface area contributed by atoms with E-state index in [0.29, 0.717) is 24.8 Å². The smallest absolute Gasteiger partial charge is 0.0811 e. The zero-order valence-electron chi connectivity index (χ0n) is 17.9. The quantitative estimate of drug-likeness (QED) is 0.619. The molecule has 1 aliphatic rings. The van der Waals surface area contributed by atoms with Crippen molar-refractivity contribution in [3.8, 4) is 11.8 Å². The summed E-state index contributed by atoms with van der Waals surface area (Å²) in [5.74, 6) is 6.19. The first-order valence-corrected chi connectivity index (χ1v) is 10.4. The van der Waals surface area contributed by atoms with Gasteiger partial charge in [-0.05, 0) is 61.0 Å². The van der Waals surface area contributed by atoms with Crippen LogP contribution in [-0.2, 0) is 6.42 Å². The Balaban J connectivity index is 2.09. The predicted molar refractivity (Wildman–Crippen MR) is 120 cm³/mol. The van der Waals surface area contributed by atoms with E-state index in [-0.39, 0.29) is 0 Å². The number of allylic oxidation sites excluding steroid dienone is 3. The number of hydrogen-bond donors (Lipinski definition) is 3. The molecule has 3 nitrogen and oxygen atoms in total. The molecule has 1 fully saturated rings. The summed E-state index contributed by atoms with van der Waals surface area (Å²) in [4.78, 5) is 0. The molecule has 1 aliphatic carbocycles. The average molecular weight is 395 g/mol. The van der Waals surface area contributed by atoms with Crippen LogP contribution in [0.1, 0.15) is 64.0 Å². The summed E-state index contributed by atoms with van der Waals surface area (Å²) >= 11 is 0. The van der Waals surface area contributed by atoms with Gasteiger partial charge in [0.2, 0.25) is 0 Å². The van der Waals surface area contributed by atoms with E-state index in [1.165, 1.54) is 16.7 Å². The molecule has 2 atom stereocenters. The second kappa shape index (κ2) is 10.6. The lowest BCUT2D eigenvalue weighted by atomic mass is 9.86. The van der Waals surface area contributed by atoms with Crippen molar-refractivity contribution in [1.82, 2.24) is 0 Å². The molecule has 0 unspecified atom stereocenters. The van der Waals surface area contributed by atoms with E-state index in [1.807, 2.05) is 6.08 Å². The van der Waals surface area contributed by atoms with Gasteiger partial charge in [0.05, 0.1) is 17.8 Å². The molecule has 2 rings (SSSR count). The van der Waals surface area contributed by atoms with Crippen molar-refractivity contribution in [3.05, 3.63) is 65.3 Å². The van der Waals surface area contributed by atoms with Gasteiger partial charge >= 0.3 is 0 Å². The second-order valence-corrected chi connectivity index (χ2v) is 8.42. The van der Waals surface area contributed by atoms with Crippen LogP contribution in [0.25, 0.3) is 5.57 Å². The molecule has 1 aromatic rings. The lowest BCUT2D eigenvalue weighted by Gasteiger charge is -2.26. The summed E-state index contributed by atoms with van der Waals surface area (Å²) < 4.78 is 0. The molecule has 0 aromatic heterocycles. The molecule has 0 bridgehead atoms. The third-order valence-electron chi connectivity index (χ3n) is 5.11. The number of rotatable bonds is 6. The largest absolute Gasteiger partial charge is 0.393 e. The number of aliphatic hydroxyl groups is 3. The Morgan fingerprint density at radius 2 is 2.03 bits per heavy atom. The van der Waals surface area contributed by atoms with Crippen molar-refractivity contribution >= 4 is 5.57 Å². The van der Waals surface area contributed by atoms with Crippen LogP contribution >= 0.6 is 0 Å². The maximum Gasteiger partial charge on any atom is 0.0811 e. The van der Waals surface area contributed by atoms with Crippen molar-refractivity contribution in [2.45, 2.75) is 77.1 Å². The molecular weight excluding hydrogens is 360 g/mol. The Kier molecular flexibility index (Phi) is 8.46. The van der Waals surface area contributed by atoms with Gasteiger partial charge in [-0.1, -0.05) is 49.9 Å². The fraction of sp³-hybridized carbons (Fsp3) is 0.462. The van der Waals surface area contributed by atoms with Gasteiger partial charge in [-0.25, -0.2) is 0 Å². The van der Waals surface area contributed by atoms with Crippen LogP contribution in [0.4, 0.5) is 0 Å². The van der Waals surface area contributed by atoms with Crippen molar-refractivity contribution in [2.75, 3.05) is 0 Å². The number of aryl methyl sites for hydroxylation is 1. The first-order chi connectivity index (χ1) is 13.7. The highest BCUT2D eigenvalue weighted by Crippen LogP contribution is 2.29. The van der Waals surface area contributed by atoms with Crippen LogP contribution in [0.3, 0.4) is 0 Å². The van der Waals surface area contributed by atoms with Crippen LogP contribution < -0.4 is 0 Å². The lowest BCUT2D eigenvalue weighted by molar-refractivity contribution is 0.0855. The molecule has 0 amide bonds. The van der Waals surface area contributed by atoms with Gasteiger partial charge in [-0.15, -0.1) is 11.8 Å². The van der Waals surface area contributed by atoms with E-state index >= 15 is 0 Å². The zero-order chi connectivity index (χ0) is 21.4. The van der Waals surface area contributed by atoms with Gasteiger partial charge in [-0.3, -0.25) is 0 Å². The maximum absolute atomic E-state index is 10.0. The van der Waals surface area contributed by atoms with Gasteiger partial charge in [0.1, 0.15) is 0 Å². The van der Waals surface area contributed by atoms with Crippen molar-refractivity contribution < 1.29 is 15.3 Å². The minimum absolute atomic E-state index is 0.362. The van der Waals surface area contributed by atoms with Crippen LogP contribution in [0.5, 0.6) is 0 Å². The normalized spacial score (nSPS) is 21.8. The second-order valence-electron chi connectivity index (χ2n) is 8.42. The summed E-state index contributed by atoms with van der Waals surface area (Å²) in [6.07, 6.45) is 6.80. The Labute approximate surface area is 175 Å². The molecule has 0 spiro atoms. The Bertz CT molecular complexity index is 827. The zero-order valence-corrected chi connectivity index (χ0v) is 17.9. The van der Waals surface area contributed by atoms with Gasteiger partial charge in [0, 0.05) is 19.3 Å². The highest BCUT2D eigenvalue weighted by molar-refractivity contribution is 5.68. The van der Waals surface area contributed by atoms with E-state index in [9.17, 15) is 15.3 Å². The summed E-state index contributed by atoms with van der Waals surface area (Å²) in [6, 6.07) is 8.49. The molecule has 0 radical (unpaired) electrons. The highest BCUT2D eigenvalue weighted by atomic mass is 16.3. The molecule has 0 saturated heterocycles. The molecule has 1 saturated carbocycles. The molecule has 0 heterocycles. The maximum atomic E-state index is 10.0. The van der Waals surface area contributed by atoms with Gasteiger partial charge in [0.15, 0.2) is 0 Å². The van der Waals surface area contributed by atoms with E-state index in [0.717, 1.165) is 24.8 Å². The molecule has 29 heavy (non-hydrogen) atoms. The lowest BCUT2D eigenvalue weighted by Crippen LogP contribution is -2.26. The van der Waals surface area contributed by atoms with E-state index in [1.54, 1.807) is 13.8 Å². The van der Waals surface area contributed by atoms with Crippen LogP contribution in [-0.4, -0.2) is 33.1 Å². The van der Waals surface area contributed by atoms with E-state index in [2.05, 4.69) is 55.7 Å². The number of benzene rings is 1. The molecule has 0 aliphatic heterocycles. The molecule has 156 valence electrons. The topological polar surface area (TPSA) is 60.7 Å². The van der Waals surface area contributed by atoms with Gasteiger partial charge in [0.25, 0.3) is 0 Å². The highest BCUT2D eigenvalue weighted by Gasteiger charge is 2.24. The number of aliphatic hydroxyl groups excluding tert-OH is 2. The molecule has 3 N–H and O–H groups in total. The van der Waals surface area contributed by atoms with Crippen molar-refractivity contribution in [1.29, 1.82) is 0 Å². The fourth-order valence-corrected chi connectivity index (χ4v) is 3.38. The molecular formula is C26H34O3. The SMILES string of the molecule is C=C1/C(=C\C=C(/CC)c2cccc(CCC#CCC(C)(C)O)c2)C[C@@H](O)C[C@@H]1O. The average Bonchev–Trinajstić information content (AvgIpc) is 2.65. The third-order valence-corrected chi connectivity index (χ3v) is 5.11. The van der Waals surface area contributed by atoms with E-state index < -0.39 is 17.8 Å². The standard InChI is InChI=1S/C26H34O3/c1-5-21(13-14-22-17-24(27)18-25(28)19(22)2)23-12-9-11-20(16-23)10-7-6-8-15-26(3,4)29/h9,11-14,16,24-25,27-29H,2,5,7,10,15,17-18H2,1,3-4H3/b21-13+,22-14-/t24-,25+/m1/s1. The Morgan fingerprint density at radius 1 is 1.28 bits per heavy atom. The molecule has 3 heteroatoms. The minimum Gasteiger partial charge on any atom is -0.393 e. The third kappa shape index (κ3) is 7.66. The first kappa shape index (κ1) is 23.2. The van der Waals surface area contributed by atoms with Gasteiger partial charge in [-0.2, -0.15) is 0 Å². The van der Waals surface area contributed by atoms with E-state index in [4.69, 9.17) is 0 Å². The van der Waals surface area contributed by atoms with Crippen LogP contribution in [0.2, 0.25) is 0 Å². The predicted octanol–water partition coefficient (Wildman–Crippen LogP) is 4.58. The Hall–Kier alpha value is -2.12. The van der Waals surface area contributed by atoms with Crippen LogP contribution in [0.15, 0.2) is 54.1 Å². The number of hydrogen-bond acceptors (Lipinski definition) is 3. The molecule has 1 aromatic carbocycles. The summed E-state index contributed by atoms with van der Waals surface area (Å²) in [5, 5.41) is 29.6. The summed E-state index contributed by atoms with van der Waals surface area (Å²) in [7, 11) is 0. The summed E-state index contributed by atoms with van der Waals surface area (Å²) in [6.45, 7) is 9.64. The monoisotopic (exact) mass is 394 g/mol. The summed E-state index contributed by atoms with van der Waals surface area (Å²) in [5.41, 5.74) is 4.50. The van der Waals surface area contributed by atoms with Crippen LogP contribution in [0, 0.1) is 11.8 Å². The first-order valence-electron chi connectivity index (χ1n) is 10.4.